The van der Waals surface area contributed by atoms with E-state index >= 15 is 0 Å². The van der Waals surface area contributed by atoms with E-state index < -0.39 is 0 Å². The van der Waals surface area contributed by atoms with Gasteiger partial charge in [-0.2, -0.15) is 0 Å². The van der Waals surface area contributed by atoms with Crippen LogP contribution in [0.1, 0.15) is 23.5 Å². The van der Waals surface area contributed by atoms with Crippen LogP contribution >= 0.6 is 0 Å². The van der Waals surface area contributed by atoms with Gasteiger partial charge in [-0.3, -0.25) is 0 Å². The standard InChI is InChI=1S/C17H20N2/c18-12-14-6-8-17(9-7-14)19-11-10-16(13-19)15-4-2-1-3-5-15/h1-9,16H,10-13,18H2. The highest BCUT2D eigenvalue weighted by molar-refractivity contribution is 5.49. The van der Waals surface area contributed by atoms with E-state index in [1.165, 1.54) is 23.2 Å². The van der Waals surface area contributed by atoms with Crippen LogP contribution < -0.4 is 10.6 Å². The summed E-state index contributed by atoms with van der Waals surface area (Å²) < 4.78 is 0. The minimum atomic E-state index is 0.618. The number of hydrogen-bond acceptors (Lipinski definition) is 2. The van der Waals surface area contributed by atoms with Gasteiger partial charge in [0.1, 0.15) is 0 Å². The number of anilines is 1. The molecule has 98 valence electrons. The maximum absolute atomic E-state index is 5.64. The fourth-order valence-corrected chi connectivity index (χ4v) is 2.83. The Morgan fingerprint density at radius 1 is 1.00 bits per heavy atom. The Kier molecular flexibility index (Phi) is 3.51. The Morgan fingerprint density at radius 3 is 2.42 bits per heavy atom. The molecule has 2 heteroatoms. The highest BCUT2D eigenvalue weighted by atomic mass is 15.1. The second-order valence-corrected chi connectivity index (χ2v) is 5.21. The van der Waals surface area contributed by atoms with Crippen LogP contribution in [0.2, 0.25) is 0 Å². The molecule has 1 saturated heterocycles. The average Bonchev–Trinajstić information content (AvgIpc) is 2.98. The molecule has 0 saturated carbocycles. The summed E-state index contributed by atoms with van der Waals surface area (Å²) in [6.07, 6.45) is 1.24. The zero-order valence-electron chi connectivity index (χ0n) is 11.1. The van der Waals surface area contributed by atoms with Gasteiger partial charge in [0.2, 0.25) is 0 Å². The highest BCUT2D eigenvalue weighted by Gasteiger charge is 2.23. The lowest BCUT2D eigenvalue weighted by Gasteiger charge is -2.19. The van der Waals surface area contributed by atoms with E-state index in [1.54, 1.807) is 0 Å². The lowest BCUT2D eigenvalue weighted by atomic mass is 9.99. The molecule has 2 aromatic rings. The van der Waals surface area contributed by atoms with Gasteiger partial charge in [0.25, 0.3) is 0 Å². The van der Waals surface area contributed by atoms with Crippen LogP contribution in [-0.2, 0) is 6.54 Å². The molecule has 0 spiro atoms. The first-order valence-electron chi connectivity index (χ1n) is 6.96. The van der Waals surface area contributed by atoms with Gasteiger partial charge in [0, 0.05) is 31.2 Å². The number of hydrogen-bond donors (Lipinski definition) is 1. The van der Waals surface area contributed by atoms with E-state index in [-0.39, 0.29) is 0 Å². The van der Waals surface area contributed by atoms with Crippen LogP contribution in [0.25, 0.3) is 0 Å². The molecule has 2 nitrogen and oxygen atoms in total. The molecule has 0 radical (unpaired) electrons. The molecule has 1 aliphatic heterocycles. The molecular formula is C17H20N2. The lowest BCUT2D eigenvalue weighted by Crippen LogP contribution is -2.19. The Morgan fingerprint density at radius 2 is 1.74 bits per heavy atom. The molecule has 1 heterocycles. The summed E-state index contributed by atoms with van der Waals surface area (Å²) in [4.78, 5) is 2.47. The quantitative estimate of drug-likeness (QED) is 0.909. The monoisotopic (exact) mass is 252 g/mol. The van der Waals surface area contributed by atoms with E-state index in [0.29, 0.717) is 12.5 Å². The minimum absolute atomic E-state index is 0.618. The van der Waals surface area contributed by atoms with Crippen molar-refractivity contribution in [1.82, 2.24) is 0 Å². The molecule has 2 N–H and O–H groups in total. The first kappa shape index (κ1) is 12.2. The zero-order chi connectivity index (χ0) is 13.1. The van der Waals surface area contributed by atoms with Crippen LogP contribution in [0.5, 0.6) is 0 Å². The zero-order valence-corrected chi connectivity index (χ0v) is 11.1. The molecule has 1 atom stereocenters. The summed E-state index contributed by atoms with van der Waals surface area (Å²) >= 11 is 0. The van der Waals surface area contributed by atoms with Crippen molar-refractivity contribution >= 4 is 5.69 Å². The van der Waals surface area contributed by atoms with Crippen LogP contribution in [0.4, 0.5) is 5.69 Å². The van der Waals surface area contributed by atoms with Gasteiger partial charge in [-0.05, 0) is 29.7 Å². The van der Waals surface area contributed by atoms with Gasteiger partial charge < -0.3 is 10.6 Å². The smallest absolute Gasteiger partial charge is 0.0366 e. The normalized spacial score (nSPS) is 18.8. The number of nitrogens with zero attached hydrogens (tertiary/aromatic N) is 1. The first-order valence-corrected chi connectivity index (χ1v) is 6.96. The van der Waals surface area contributed by atoms with Crippen LogP contribution in [0.3, 0.4) is 0 Å². The van der Waals surface area contributed by atoms with E-state index in [0.717, 1.165) is 13.1 Å². The fraction of sp³-hybridized carbons (Fsp3) is 0.294. The third-order valence-corrected chi connectivity index (χ3v) is 4.00. The summed E-state index contributed by atoms with van der Waals surface area (Å²) in [5, 5.41) is 0. The Hall–Kier alpha value is -1.80. The summed E-state index contributed by atoms with van der Waals surface area (Å²) in [7, 11) is 0. The number of benzene rings is 2. The van der Waals surface area contributed by atoms with Crippen LogP contribution in [-0.4, -0.2) is 13.1 Å². The minimum Gasteiger partial charge on any atom is -0.371 e. The molecule has 19 heavy (non-hydrogen) atoms. The lowest BCUT2D eigenvalue weighted by molar-refractivity contribution is 0.775. The Balaban J connectivity index is 1.71. The molecule has 3 rings (SSSR count). The molecule has 0 aromatic heterocycles. The Bertz CT molecular complexity index is 519. The van der Waals surface area contributed by atoms with Crippen molar-refractivity contribution in [2.75, 3.05) is 18.0 Å². The number of nitrogens with two attached hydrogens (primary N) is 1. The second-order valence-electron chi connectivity index (χ2n) is 5.21. The van der Waals surface area contributed by atoms with Gasteiger partial charge in [-0.25, -0.2) is 0 Å². The molecular weight excluding hydrogens is 232 g/mol. The van der Waals surface area contributed by atoms with E-state index in [4.69, 9.17) is 5.73 Å². The predicted molar refractivity (Wildman–Crippen MR) is 80.3 cm³/mol. The summed E-state index contributed by atoms with van der Waals surface area (Å²) in [5.41, 5.74) is 9.61. The van der Waals surface area contributed by atoms with Crippen LogP contribution in [0.15, 0.2) is 54.6 Å². The largest absolute Gasteiger partial charge is 0.371 e. The second kappa shape index (κ2) is 5.45. The molecule has 0 aliphatic carbocycles. The molecule has 0 amide bonds. The van der Waals surface area contributed by atoms with Crippen molar-refractivity contribution in [3.8, 4) is 0 Å². The fourth-order valence-electron chi connectivity index (χ4n) is 2.83. The van der Waals surface area contributed by atoms with Crippen molar-refractivity contribution in [1.29, 1.82) is 0 Å². The van der Waals surface area contributed by atoms with Crippen molar-refractivity contribution in [3.05, 3.63) is 65.7 Å². The molecule has 2 aromatic carbocycles. The van der Waals surface area contributed by atoms with Gasteiger partial charge in [-0.1, -0.05) is 42.5 Å². The molecule has 0 bridgehead atoms. The molecule has 1 fully saturated rings. The third-order valence-electron chi connectivity index (χ3n) is 4.00. The topological polar surface area (TPSA) is 29.3 Å². The summed E-state index contributed by atoms with van der Waals surface area (Å²) in [5.74, 6) is 0.662. The maximum Gasteiger partial charge on any atom is 0.0366 e. The van der Waals surface area contributed by atoms with Crippen molar-refractivity contribution in [2.24, 2.45) is 5.73 Å². The number of rotatable bonds is 3. The highest BCUT2D eigenvalue weighted by Crippen LogP contribution is 2.30. The van der Waals surface area contributed by atoms with Gasteiger partial charge in [0.15, 0.2) is 0 Å². The predicted octanol–water partition coefficient (Wildman–Crippen LogP) is 3.14. The first-order chi connectivity index (χ1) is 9.36. The van der Waals surface area contributed by atoms with Crippen molar-refractivity contribution < 1.29 is 0 Å². The maximum atomic E-state index is 5.64. The van der Waals surface area contributed by atoms with Crippen molar-refractivity contribution in [3.63, 3.8) is 0 Å². The molecule has 1 unspecified atom stereocenters. The third kappa shape index (κ3) is 2.64. The SMILES string of the molecule is NCc1ccc(N2CCC(c3ccccc3)C2)cc1. The Labute approximate surface area is 114 Å². The van der Waals surface area contributed by atoms with Crippen LogP contribution in [0, 0.1) is 0 Å². The van der Waals surface area contributed by atoms with Gasteiger partial charge in [0.05, 0.1) is 0 Å². The summed E-state index contributed by atoms with van der Waals surface area (Å²) in [6, 6.07) is 19.5. The average molecular weight is 252 g/mol. The van der Waals surface area contributed by atoms with Crippen molar-refractivity contribution in [2.45, 2.75) is 18.9 Å². The van der Waals surface area contributed by atoms with E-state index in [9.17, 15) is 0 Å². The van der Waals surface area contributed by atoms with Gasteiger partial charge in [-0.15, -0.1) is 0 Å². The molecule has 1 aliphatic rings. The summed E-state index contributed by atoms with van der Waals surface area (Å²) in [6.45, 7) is 2.88. The van der Waals surface area contributed by atoms with E-state index in [2.05, 4.69) is 59.5 Å². The van der Waals surface area contributed by atoms with E-state index in [1.807, 2.05) is 0 Å². The van der Waals surface area contributed by atoms with Gasteiger partial charge >= 0.3 is 0 Å².